The molecule has 9 atom stereocenters. The van der Waals surface area contributed by atoms with Crippen molar-refractivity contribution in [3.05, 3.63) is 11.3 Å². The van der Waals surface area contributed by atoms with E-state index >= 15 is 0 Å². The number of nitriles is 1. The number of aliphatic hydroxyl groups excluding tert-OH is 1. The molecule has 9 unspecified atom stereocenters. The molecule has 5 aliphatic carbocycles. The summed E-state index contributed by atoms with van der Waals surface area (Å²) in [6, 6.07) is 2.34. The molecule has 0 aromatic rings. The van der Waals surface area contributed by atoms with Crippen molar-refractivity contribution in [2.24, 2.45) is 56.7 Å². The van der Waals surface area contributed by atoms with Crippen LogP contribution in [0.25, 0.3) is 0 Å². The highest BCUT2D eigenvalue weighted by Gasteiger charge is 2.69. The molecular weight excluding hydrogens is 434 g/mol. The zero-order valence-corrected chi connectivity index (χ0v) is 22.7. The fraction of sp³-hybridized carbons (Fsp3) is 0.871. The molecule has 0 aromatic heterocycles. The van der Waals surface area contributed by atoms with Crippen molar-refractivity contribution in [2.45, 2.75) is 105 Å². The van der Waals surface area contributed by atoms with E-state index in [9.17, 15) is 15.2 Å². The first-order valence-electron chi connectivity index (χ1n) is 14.3. The maximum Gasteiger partial charge on any atom is 0.136 e. The van der Waals surface area contributed by atoms with Crippen LogP contribution in [0.3, 0.4) is 0 Å². The van der Waals surface area contributed by atoms with Gasteiger partial charge in [0.1, 0.15) is 11.5 Å². The van der Waals surface area contributed by atoms with Crippen LogP contribution >= 0.6 is 0 Å². The fourth-order valence-corrected chi connectivity index (χ4v) is 11.2. The van der Waals surface area contributed by atoms with E-state index in [4.69, 9.17) is 4.74 Å². The van der Waals surface area contributed by atoms with Gasteiger partial charge in [-0.3, -0.25) is 4.79 Å². The molecule has 4 nitrogen and oxygen atoms in total. The number of allylic oxidation sites excluding steroid dienone is 2. The van der Waals surface area contributed by atoms with Crippen molar-refractivity contribution in [2.75, 3.05) is 6.61 Å². The molecule has 0 spiro atoms. The summed E-state index contributed by atoms with van der Waals surface area (Å²) in [5.41, 5.74) is 0.628. The number of hydrogen-bond acceptors (Lipinski definition) is 4. The molecule has 6 aliphatic rings. The molecule has 192 valence electrons. The Bertz CT molecular complexity index is 1030. The maximum absolute atomic E-state index is 14.3. The lowest BCUT2D eigenvalue weighted by atomic mass is 9.35. The number of ketones is 1. The first kappa shape index (κ1) is 24.0. The number of rotatable bonds is 1. The fourth-order valence-electron chi connectivity index (χ4n) is 11.2. The summed E-state index contributed by atoms with van der Waals surface area (Å²) in [7, 11) is 0. The highest BCUT2D eigenvalue weighted by molar-refractivity contribution is 5.83. The monoisotopic (exact) mass is 479 g/mol. The van der Waals surface area contributed by atoms with Gasteiger partial charge in [-0.25, -0.2) is 0 Å². The van der Waals surface area contributed by atoms with Gasteiger partial charge in [0, 0.05) is 23.2 Å². The quantitative estimate of drug-likeness (QED) is 0.411. The third-order valence-electron chi connectivity index (χ3n) is 13.0. The molecular formula is C31H45NO3. The average Bonchev–Trinajstić information content (AvgIpc) is 3.63. The van der Waals surface area contributed by atoms with E-state index in [1.54, 1.807) is 0 Å². The van der Waals surface area contributed by atoms with Crippen molar-refractivity contribution in [3.63, 3.8) is 0 Å². The van der Waals surface area contributed by atoms with Crippen LogP contribution in [0.2, 0.25) is 0 Å². The lowest BCUT2D eigenvalue weighted by Gasteiger charge is -2.68. The average molecular weight is 480 g/mol. The summed E-state index contributed by atoms with van der Waals surface area (Å²) >= 11 is 0. The van der Waals surface area contributed by atoms with Gasteiger partial charge in [0.25, 0.3) is 0 Å². The number of epoxide rings is 1. The van der Waals surface area contributed by atoms with Crippen molar-refractivity contribution >= 4 is 5.78 Å². The molecule has 0 bridgehead atoms. The number of nitrogens with zero attached hydrogens (tertiary/aromatic N) is 1. The second-order valence-electron chi connectivity index (χ2n) is 15.4. The van der Waals surface area contributed by atoms with Crippen LogP contribution in [-0.4, -0.2) is 23.6 Å². The van der Waals surface area contributed by atoms with E-state index in [1.165, 1.54) is 19.3 Å². The normalized spacial score (nSPS) is 51.9. The number of carbonyl (C=O) groups excluding carboxylic acids is 1. The van der Waals surface area contributed by atoms with Gasteiger partial charge in [-0.15, -0.1) is 0 Å². The summed E-state index contributed by atoms with van der Waals surface area (Å²) in [4.78, 5) is 14.3. The summed E-state index contributed by atoms with van der Waals surface area (Å²) in [6.45, 7) is 14.8. The zero-order chi connectivity index (χ0) is 25.2. The predicted octanol–water partition coefficient (Wildman–Crippen LogP) is 7.00. The van der Waals surface area contributed by atoms with Gasteiger partial charge in [0.2, 0.25) is 0 Å². The van der Waals surface area contributed by atoms with Crippen LogP contribution in [0.1, 0.15) is 99.3 Å². The van der Waals surface area contributed by atoms with Gasteiger partial charge in [0.15, 0.2) is 0 Å². The Morgan fingerprint density at radius 1 is 0.943 bits per heavy atom. The summed E-state index contributed by atoms with van der Waals surface area (Å²) in [5.74, 6) is 2.43. The minimum Gasteiger partial charge on any atom is -0.511 e. The molecule has 6 rings (SSSR count). The molecule has 4 heteroatoms. The number of aliphatic hydroxyl groups is 1. The SMILES string of the molecule is CC1(C)CCC2(C3CO3)CCC3C(C(=O)CC4C3(C)CCC3C(C)(C)C(O)=C(C#N)CC34C)C2C1. The van der Waals surface area contributed by atoms with Gasteiger partial charge in [-0.2, -0.15) is 5.26 Å². The third-order valence-corrected chi connectivity index (χ3v) is 13.0. The topological polar surface area (TPSA) is 73.6 Å². The molecule has 0 aromatic carbocycles. The number of fused-ring (bicyclic) bond motifs is 7. The Morgan fingerprint density at radius 3 is 2.31 bits per heavy atom. The molecule has 4 saturated carbocycles. The number of hydrogen-bond donors (Lipinski definition) is 1. The van der Waals surface area contributed by atoms with Gasteiger partial charge >= 0.3 is 0 Å². The molecule has 1 saturated heterocycles. The Balaban J connectivity index is 1.41. The number of carbonyl (C=O) groups is 1. The van der Waals surface area contributed by atoms with Crippen molar-refractivity contribution in [1.82, 2.24) is 0 Å². The predicted molar refractivity (Wildman–Crippen MR) is 135 cm³/mol. The summed E-state index contributed by atoms with van der Waals surface area (Å²) < 4.78 is 6.00. The summed E-state index contributed by atoms with van der Waals surface area (Å²) in [6.07, 6.45) is 9.83. The number of Topliss-reactive ketones (excluding diaryl/α,β-unsaturated/α-hetero) is 1. The smallest absolute Gasteiger partial charge is 0.136 e. The standard InChI is InChI=1S/C31H45NO3/c1-27(2)11-12-31(24-17-35-24)10-7-19-25(20(31)15-27)21(33)13-23-29(19,5)9-8-22-28(3,4)26(34)18(16-32)14-30(22,23)6/h19-20,22-25,34H,7-15,17H2,1-6H3. The van der Waals surface area contributed by atoms with Crippen LogP contribution in [0.5, 0.6) is 0 Å². The van der Waals surface area contributed by atoms with Crippen LogP contribution in [0.15, 0.2) is 11.3 Å². The Hall–Kier alpha value is -1.34. The van der Waals surface area contributed by atoms with E-state index in [1.807, 2.05) is 0 Å². The first-order chi connectivity index (χ1) is 16.3. The minimum absolute atomic E-state index is 0.117. The highest BCUT2D eigenvalue weighted by Crippen LogP contribution is 2.73. The van der Waals surface area contributed by atoms with Gasteiger partial charge in [-0.05, 0) is 91.3 Å². The Morgan fingerprint density at radius 2 is 1.66 bits per heavy atom. The lowest BCUT2D eigenvalue weighted by molar-refractivity contribution is -0.200. The maximum atomic E-state index is 14.3. The lowest BCUT2D eigenvalue weighted by Crippen LogP contribution is -2.65. The van der Waals surface area contributed by atoms with Crippen LogP contribution in [0, 0.1) is 68.0 Å². The van der Waals surface area contributed by atoms with E-state index in [0.717, 1.165) is 32.3 Å². The van der Waals surface area contributed by atoms with Crippen molar-refractivity contribution in [3.8, 4) is 6.07 Å². The molecule has 35 heavy (non-hydrogen) atoms. The Kier molecular flexibility index (Phi) is 4.91. The minimum atomic E-state index is -0.419. The molecule has 0 amide bonds. The first-order valence-corrected chi connectivity index (χ1v) is 14.3. The van der Waals surface area contributed by atoms with Crippen LogP contribution < -0.4 is 0 Å². The van der Waals surface area contributed by atoms with Gasteiger partial charge in [0.05, 0.1) is 24.4 Å². The van der Waals surface area contributed by atoms with Gasteiger partial charge in [-0.1, -0.05) is 41.5 Å². The highest BCUT2D eigenvalue weighted by atomic mass is 16.6. The Labute approximate surface area is 211 Å². The van der Waals surface area contributed by atoms with E-state index < -0.39 is 5.41 Å². The largest absolute Gasteiger partial charge is 0.511 e. The van der Waals surface area contributed by atoms with Crippen molar-refractivity contribution < 1.29 is 14.6 Å². The molecule has 1 heterocycles. The van der Waals surface area contributed by atoms with Gasteiger partial charge < -0.3 is 9.84 Å². The third kappa shape index (κ3) is 3.03. The zero-order valence-electron chi connectivity index (χ0n) is 22.7. The summed E-state index contributed by atoms with van der Waals surface area (Å²) in [5, 5.41) is 20.9. The van der Waals surface area contributed by atoms with E-state index in [-0.39, 0.29) is 28.1 Å². The second kappa shape index (κ2) is 7.15. The van der Waals surface area contributed by atoms with Crippen molar-refractivity contribution in [1.29, 1.82) is 5.26 Å². The molecule has 5 fully saturated rings. The molecule has 0 radical (unpaired) electrons. The van der Waals surface area contributed by atoms with Crippen LogP contribution in [-0.2, 0) is 9.53 Å². The number of ether oxygens (including phenoxy) is 1. The van der Waals surface area contributed by atoms with E-state index in [2.05, 4.69) is 47.6 Å². The molecule has 1 N–H and O–H groups in total. The van der Waals surface area contributed by atoms with E-state index in [0.29, 0.717) is 59.2 Å². The van der Waals surface area contributed by atoms with Crippen LogP contribution in [0.4, 0.5) is 0 Å². The second-order valence-corrected chi connectivity index (χ2v) is 15.4. The molecule has 1 aliphatic heterocycles.